The Morgan fingerprint density at radius 2 is 1.94 bits per heavy atom. The number of anilines is 1. The molecule has 5 heteroatoms. The minimum atomic E-state index is -0.685. The number of rotatable bonds is 3. The molecule has 1 aromatic heterocycles. The maximum Gasteiger partial charge on any atom is 0.245 e. The van der Waals surface area contributed by atoms with E-state index in [0.717, 1.165) is 5.56 Å². The molecule has 0 radical (unpaired) electrons. The highest BCUT2D eigenvalue weighted by Gasteiger charge is 2.15. The van der Waals surface area contributed by atoms with E-state index in [1.165, 1.54) is 0 Å². The van der Waals surface area contributed by atoms with Crippen LogP contribution in [0.2, 0.25) is 0 Å². The van der Waals surface area contributed by atoms with Crippen LogP contribution in [-0.4, -0.2) is 10.9 Å². The average molecular weight is 306 g/mol. The summed E-state index contributed by atoms with van der Waals surface area (Å²) in [5, 5.41) is 2.72. The molecule has 0 unspecified atom stereocenters. The maximum atomic E-state index is 11.9. The van der Waals surface area contributed by atoms with Crippen LogP contribution >= 0.6 is 15.9 Å². The van der Waals surface area contributed by atoms with Crippen molar-refractivity contribution in [3.8, 4) is 0 Å². The summed E-state index contributed by atoms with van der Waals surface area (Å²) < 4.78 is 0.716. The van der Waals surface area contributed by atoms with E-state index in [-0.39, 0.29) is 5.91 Å². The van der Waals surface area contributed by atoms with E-state index in [4.69, 9.17) is 5.73 Å². The Bertz CT molecular complexity index is 528. The summed E-state index contributed by atoms with van der Waals surface area (Å²) in [5.41, 5.74) is 7.27. The zero-order valence-corrected chi connectivity index (χ0v) is 11.1. The molecule has 1 atom stereocenters. The van der Waals surface area contributed by atoms with Crippen LogP contribution in [0.4, 0.5) is 5.69 Å². The Morgan fingerprint density at radius 1 is 1.22 bits per heavy atom. The fourth-order valence-corrected chi connectivity index (χ4v) is 1.72. The van der Waals surface area contributed by atoms with E-state index in [0.29, 0.717) is 10.3 Å². The van der Waals surface area contributed by atoms with Gasteiger partial charge in [-0.15, -0.1) is 0 Å². The van der Waals surface area contributed by atoms with Crippen LogP contribution in [0.5, 0.6) is 0 Å². The Labute approximate surface area is 113 Å². The summed E-state index contributed by atoms with van der Waals surface area (Å²) in [5.74, 6) is -0.259. The molecule has 92 valence electrons. The number of amides is 1. The lowest BCUT2D eigenvalue weighted by Gasteiger charge is -2.12. The summed E-state index contributed by atoms with van der Waals surface area (Å²) >= 11 is 3.23. The molecule has 3 N–H and O–H groups in total. The van der Waals surface area contributed by atoms with Crippen LogP contribution < -0.4 is 11.1 Å². The molecule has 2 rings (SSSR count). The minimum absolute atomic E-state index is 0.259. The van der Waals surface area contributed by atoms with E-state index < -0.39 is 6.04 Å². The number of hydrogen-bond donors (Lipinski definition) is 2. The number of halogens is 1. The maximum absolute atomic E-state index is 11.9. The molecule has 0 saturated heterocycles. The minimum Gasteiger partial charge on any atom is -0.323 e. The van der Waals surface area contributed by atoms with E-state index in [9.17, 15) is 4.79 Å². The molecular formula is C13H12BrN3O. The molecule has 0 aliphatic carbocycles. The van der Waals surface area contributed by atoms with Gasteiger partial charge in [0.2, 0.25) is 5.91 Å². The highest BCUT2D eigenvalue weighted by atomic mass is 79.9. The molecule has 0 bridgehead atoms. The van der Waals surface area contributed by atoms with Crippen molar-refractivity contribution >= 4 is 27.5 Å². The number of hydrogen-bond acceptors (Lipinski definition) is 3. The monoisotopic (exact) mass is 305 g/mol. The second-order valence-electron chi connectivity index (χ2n) is 3.75. The van der Waals surface area contributed by atoms with Crippen molar-refractivity contribution < 1.29 is 4.79 Å². The molecule has 0 aliphatic heterocycles. The van der Waals surface area contributed by atoms with E-state index in [1.54, 1.807) is 18.3 Å². The highest BCUT2D eigenvalue weighted by Crippen LogP contribution is 2.14. The molecule has 18 heavy (non-hydrogen) atoms. The number of nitrogens with two attached hydrogens (primary N) is 1. The van der Waals surface area contributed by atoms with Gasteiger partial charge in [0, 0.05) is 0 Å². The van der Waals surface area contributed by atoms with Crippen molar-refractivity contribution in [3.63, 3.8) is 0 Å². The standard InChI is InChI=1S/C13H12BrN3O/c14-11-7-6-10(8-16-11)17-13(18)12(15)9-4-2-1-3-5-9/h1-8,12H,15H2,(H,17,18)/t12-/m0/s1. The fourth-order valence-electron chi connectivity index (χ4n) is 1.48. The van der Waals surface area contributed by atoms with E-state index >= 15 is 0 Å². The van der Waals surface area contributed by atoms with Crippen molar-refractivity contribution in [2.45, 2.75) is 6.04 Å². The molecule has 0 aliphatic rings. The molecule has 1 amide bonds. The Hall–Kier alpha value is -1.72. The summed E-state index contributed by atoms with van der Waals surface area (Å²) in [7, 11) is 0. The molecule has 4 nitrogen and oxygen atoms in total. The number of pyridine rings is 1. The van der Waals surface area contributed by atoms with Crippen molar-refractivity contribution in [2.24, 2.45) is 5.73 Å². The largest absolute Gasteiger partial charge is 0.323 e. The second kappa shape index (κ2) is 5.75. The smallest absolute Gasteiger partial charge is 0.245 e. The first-order valence-corrected chi connectivity index (χ1v) is 6.19. The molecule has 1 heterocycles. The van der Waals surface area contributed by atoms with E-state index in [2.05, 4.69) is 26.2 Å². The Morgan fingerprint density at radius 3 is 2.56 bits per heavy atom. The van der Waals surface area contributed by atoms with Crippen LogP contribution in [0.15, 0.2) is 53.3 Å². The molecule has 0 fully saturated rings. The SMILES string of the molecule is N[C@H](C(=O)Nc1ccc(Br)nc1)c1ccccc1. The molecule has 0 spiro atoms. The molecule has 1 aromatic carbocycles. The van der Waals surface area contributed by atoms with Gasteiger partial charge in [-0.05, 0) is 33.6 Å². The summed E-state index contributed by atoms with van der Waals surface area (Å²) in [6.45, 7) is 0. The first-order chi connectivity index (χ1) is 8.66. The summed E-state index contributed by atoms with van der Waals surface area (Å²) in [6.07, 6.45) is 1.57. The fraction of sp³-hybridized carbons (Fsp3) is 0.0769. The van der Waals surface area contributed by atoms with Gasteiger partial charge in [-0.1, -0.05) is 30.3 Å². The second-order valence-corrected chi connectivity index (χ2v) is 4.56. The van der Waals surface area contributed by atoms with Crippen molar-refractivity contribution in [2.75, 3.05) is 5.32 Å². The van der Waals surface area contributed by atoms with Crippen LogP contribution in [0.1, 0.15) is 11.6 Å². The Kier molecular flexibility index (Phi) is 4.07. The number of nitrogens with one attached hydrogen (secondary N) is 1. The van der Waals surface area contributed by atoms with Gasteiger partial charge in [0.05, 0.1) is 11.9 Å². The lowest BCUT2D eigenvalue weighted by atomic mass is 10.1. The first kappa shape index (κ1) is 12.7. The normalized spacial score (nSPS) is 11.9. The van der Waals surface area contributed by atoms with Crippen molar-refractivity contribution in [3.05, 3.63) is 58.8 Å². The third-order valence-corrected chi connectivity index (χ3v) is 2.91. The van der Waals surface area contributed by atoms with Gasteiger partial charge in [0.1, 0.15) is 10.6 Å². The number of benzene rings is 1. The number of carbonyl (C=O) groups excluding carboxylic acids is 1. The predicted molar refractivity (Wildman–Crippen MR) is 73.9 cm³/mol. The number of nitrogens with zero attached hydrogens (tertiary/aromatic N) is 1. The molecular weight excluding hydrogens is 294 g/mol. The van der Waals surface area contributed by atoms with Crippen molar-refractivity contribution in [1.29, 1.82) is 0 Å². The number of carbonyl (C=O) groups is 1. The van der Waals surface area contributed by atoms with Crippen LogP contribution in [0.3, 0.4) is 0 Å². The van der Waals surface area contributed by atoms with Gasteiger partial charge >= 0.3 is 0 Å². The first-order valence-electron chi connectivity index (χ1n) is 5.40. The lowest BCUT2D eigenvalue weighted by molar-refractivity contribution is -0.117. The number of aromatic nitrogens is 1. The predicted octanol–water partition coefficient (Wildman–Crippen LogP) is 2.48. The van der Waals surface area contributed by atoms with Crippen molar-refractivity contribution in [1.82, 2.24) is 4.98 Å². The highest BCUT2D eigenvalue weighted by molar-refractivity contribution is 9.10. The Balaban J connectivity index is 2.06. The summed E-state index contributed by atoms with van der Waals surface area (Å²) in [6, 6.07) is 12.1. The zero-order chi connectivity index (χ0) is 13.0. The third-order valence-electron chi connectivity index (χ3n) is 2.44. The third kappa shape index (κ3) is 3.15. The molecule has 2 aromatic rings. The van der Waals surface area contributed by atoms with Gasteiger partial charge in [0.15, 0.2) is 0 Å². The van der Waals surface area contributed by atoms with Crippen LogP contribution in [0.25, 0.3) is 0 Å². The van der Waals surface area contributed by atoms with E-state index in [1.807, 2.05) is 30.3 Å². The van der Waals surface area contributed by atoms with Gasteiger partial charge in [-0.25, -0.2) is 4.98 Å². The topological polar surface area (TPSA) is 68.0 Å². The van der Waals surface area contributed by atoms with Gasteiger partial charge in [-0.2, -0.15) is 0 Å². The zero-order valence-electron chi connectivity index (χ0n) is 9.51. The summed E-state index contributed by atoms with van der Waals surface area (Å²) in [4.78, 5) is 15.9. The molecule has 0 saturated carbocycles. The van der Waals surface area contributed by atoms with Gasteiger partial charge < -0.3 is 11.1 Å². The average Bonchev–Trinajstić information content (AvgIpc) is 2.41. The quantitative estimate of drug-likeness (QED) is 0.856. The van der Waals surface area contributed by atoms with Gasteiger partial charge in [0.25, 0.3) is 0 Å². The van der Waals surface area contributed by atoms with Gasteiger partial charge in [-0.3, -0.25) is 4.79 Å². The lowest BCUT2D eigenvalue weighted by Crippen LogP contribution is -2.27. The van der Waals surface area contributed by atoms with Crippen LogP contribution in [-0.2, 0) is 4.79 Å². The van der Waals surface area contributed by atoms with Crippen LogP contribution in [0, 0.1) is 0 Å².